The molecule has 6 heteroatoms. The molecule has 0 saturated carbocycles. The van der Waals surface area contributed by atoms with Crippen LogP contribution in [-0.2, 0) is 13.0 Å². The van der Waals surface area contributed by atoms with Crippen molar-refractivity contribution >= 4 is 28.6 Å². The summed E-state index contributed by atoms with van der Waals surface area (Å²) in [5.74, 6) is 0.194. The number of aryl methyl sites for hydroxylation is 2. The molecule has 0 fully saturated rings. The van der Waals surface area contributed by atoms with Crippen LogP contribution in [0.25, 0.3) is 11.0 Å². The zero-order valence-corrected chi connectivity index (χ0v) is 15.3. The van der Waals surface area contributed by atoms with Gasteiger partial charge in [0.2, 0.25) is 5.95 Å². The molecule has 0 spiro atoms. The van der Waals surface area contributed by atoms with Crippen LogP contribution in [0.15, 0.2) is 12.4 Å². The van der Waals surface area contributed by atoms with E-state index in [0.717, 1.165) is 35.1 Å². The predicted molar refractivity (Wildman–Crippen MR) is 98.5 cm³/mol. The van der Waals surface area contributed by atoms with Crippen LogP contribution in [0.1, 0.15) is 41.3 Å². The molecule has 3 aromatic rings. The molecule has 3 aromatic heterocycles. The Morgan fingerprint density at radius 3 is 2.62 bits per heavy atom. The van der Waals surface area contributed by atoms with Gasteiger partial charge >= 0.3 is 0 Å². The summed E-state index contributed by atoms with van der Waals surface area (Å²) in [7, 11) is 0. The van der Waals surface area contributed by atoms with Gasteiger partial charge in [0.05, 0.1) is 17.6 Å². The predicted octanol–water partition coefficient (Wildman–Crippen LogP) is 3.99. The molecule has 5 nitrogen and oxygen atoms in total. The van der Waals surface area contributed by atoms with Crippen molar-refractivity contribution in [2.45, 2.75) is 47.1 Å². The number of fused-ring (bicyclic) bond motifs is 1. The molecule has 2 N–H and O–H groups in total. The van der Waals surface area contributed by atoms with E-state index < -0.39 is 0 Å². The normalized spacial score (nSPS) is 11.4. The largest absolute Gasteiger partial charge is 0.368 e. The third kappa shape index (κ3) is 2.84. The van der Waals surface area contributed by atoms with Crippen LogP contribution >= 0.6 is 11.6 Å². The highest BCUT2D eigenvalue weighted by molar-refractivity contribution is 6.34. The minimum atomic E-state index is 0.194. The maximum absolute atomic E-state index is 6.34. The fourth-order valence-corrected chi connectivity index (χ4v) is 3.31. The fourth-order valence-electron chi connectivity index (χ4n) is 3.02. The smallest absolute Gasteiger partial charge is 0.223 e. The lowest BCUT2D eigenvalue weighted by Crippen LogP contribution is -2.06. The van der Waals surface area contributed by atoms with Crippen molar-refractivity contribution in [1.82, 2.24) is 19.5 Å². The van der Waals surface area contributed by atoms with E-state index in [9.17, 15) is 0 Å². The zero-order chi connectivity index (χ0) is 17.4. The molecule has 0 unspecified atom stereocenters. The molecule has 126 valence electrons. The van der Waals surface area contributed by atoms with Gasteiger partial charge in [0.25, 0.3) is 0 Å². The molecule has 0 aliphatic heterocycles. The van der Waals surface area contributed by atoms with Gasteiger partial charge in [-0.15, -0.1) is 0 Å². The zero-order valence-electron chi connectivity index (χ0n) is 14.5. The Balaban J connectivity index is 2.15. The third-order valence-corrected chi connectivity index (χ3v) is 4.88. The number of anilines is 1. The summed E-state index contributed by atoms with van der Waals surface area (Å²) in [6.45, 7) is 9.10. The average molecular weight is 344 g/mol. The van der Waals surface area contributed by atoms with Crippen LogP contribution in [-0.4, -0.2) is 19.5 Å². The van der Waals surface area contributed by atoms with Crippen molar-refractivity contribution < 1.29 is 0 Å². The summed E-state index contributed by atoms with van der Waals surface area (Å²) in [5, 5.41) is 1.32. The summed E-state index contributed by atoms with van der Waals surface area (Å²) in [6.07, 6.45) is 5.98. The van der Waals surface area contributed by atoms with E-state index >= 15 is 0 Å². The van der Waals surface area contributed by atoms with Gasteiger partial charge in [0, 0.05) is 12.4 Å². The minimum Gasteiger partial charge on any atom is -0.368 e. The maximum Gasteiger partial charge on any atom is 0.223 e. The summed E-state index contributed by atoms with van der Waals surface area (Å²) < 4.78 is 2.08. The van der Waals surface area contributed by atoms with Crippen molar-refractivity contribution in [3.8, 4) is 0 Å². The number of hydrogen-bond donors (Lipinski definition) is 1. The van der Waals surface area contributed by atoms with E-state index in [1.54, 1.807) is 0 Å². The number of rotatable bonds is 4. The highest BCUT2D eigenvalue weighted by atomic mass is 35.5. The van der Waals surface area contributed by atoms with E-state index in [-0.39, 0.29) is 5.95 Å². The quantitative estimate of drug-likeness (QED) is 0.727. The highest BCUT2D eigenvalue weighted by Gasteiger charge is 2.16. The van der Waals surface area contributed by atoms with E-state index in [1.165, 1.54) is 16.7 Å². The minimum absolute atomic E-state index is 0.194. The van der Waals surface area contributed by atoms with Gasteiger partial charge in [-0.2, -0.15) is 4.98 Å². The van der Waals surface area contributed by atoms with Crippen molar-refractivity contribution in [3.05, 3.63) is 45.5 Å². The molecule has 0 aliphatic carbocycles. The first-order valence-electron chi connectivity index (χ1n) is 8.14. The second kappa shape index (κ2) is 6.40. The molecule has 0 saturated heterocycles. The number of nitrogens with zero attached hydrogens (tertiary/aromatic N) is 4. The molecule has 0 amide bonds. The monoisotopic (exact) mass is 343 g/mol. The first kappa shape index (κ1) is 16.7. The van der Waals surface area contributed by atoms with Crippen LogP contribution < -0.4 is 5.73 Å². The van der Waals surface area contributed by atoms with Gasteiger partial charge in [-0.05, 0) is 49.4 Å². The first-order chi connectivity index (χ1) is 11.4. The molecule has 0 aliphatic rings. The lowest BCUT2D eigenvalue weighted by atomic mass is 10.0. The SMILES string of the molecule is CCCc1cn(Cc2ncc(C)c(C)c2C)c2nc(N)nc(Cl)c12. The van der Waals surface area contributed by atoms with Gasteiger partial charge in [-0.1, -0.05) is 24.9 Å². The Kier molecular flexibility index (Phi) is 4.45. The van der Waals surface area contributed by atoms with Crippen LogP contribution in [0.5, 0.6) is 0 Å². The second-order valence-electron chi connectivity index (χ2n) is 6.24. The summed E-state index contributed by atoms with van der Waals surface area (Å²) in [5.41, 5.74) is 12.5. The molecule has 0 radical (unpaired) electrons. The number of aromatic nitrogens is 4. The fraction of sp³-hybridized carbons (Fsp3) is 0.389. The van der Waals surface area contributed by atoms with Crippen molar-refractivity contribution in [1.29, 1.82) is 0 Å². The molecule has 0 bridgehead atoms. The summed E-state index contributed by atoms with van der Waals surface area (Å²) in [4.78, 5) is 13.1. The molecule has 3 rings (SSSR count). The van der Waals surface area contributed by atoms with E-state index in [2.05, 4.69) is 53.4 Å². The number of halogens is 1. The average Bonchev–Trinajstić information content (AvgIpc) is 2.86. The second-order valence-corrected chi connectivity index (χ2v) is 6.60. The molecule has 0 atom stereocenters. The number of nitrogen functional groups attached to an aromatic ring is 1. The van der Waals surface area contributed by atoms with Crippen molar-refractivity contribution in [2.24, 2.45) is 0 Å². The van der Waals surface area contributed by atoms with Crippen LogP contribution in [0, 0.1) is 20.8 Å². The lowest BCUT2D eigenvalue weighted by Gasteiger charge is -2.11. The Labute approximate surface area is 146 Å². The van der Waals surface area contributed by atoms with Crippen molar-refractivity contribution in [2.75, 3.05) is 5.73 Å². The van der Waals surface area contributed by atoms with Gasteiger partial charge in [0.15, 0.2) is 0 Å². The van der Waals surface area contributed by atoms with Gasteiger partial charge < -0.3 is 10.3 Å². The molecule has 3 heterocycles. The maximum atomic E-state index is 6.34. The van der Waals surface area contributed by atoms with E-state index in [0.29, 0.717) is 11.7 Å². The molecular weight excluding hydrogens is 322 g/mol. The Morgan fingerprint density at radius 2 is 1.92 bits per heavy atom. The molecule has 24 heavy (non-hydrogen) atoms. The van der Waals surface area contributed by atoms with Gasteiger partial charge in [-0.3, -0.25) is 4.98 Å². The third-order valence-electron chi connectivity index (χ3n) is 4.61. The van der Waals surface area contributed by atoms with Crippen LogP contribution in [0.4, 0.5) is 5.95 Å². The standard InChI is InChI=1S/C18H22ClN5/c1-5-6-13-8-24(17-15(13)16(19)22-18(20)23-17)9-14-12(4)11(3)10(2)7-21-14/h7-8H,5-6,9H2,1-4H3,(H2,20,22,23). The Bertz CT molecular complexity index is 914. The van der Waals surface area contributed by atoms with Gasteiger partial charge in [-0.25, -0.2) is 4.98 Å². The number of nitrogens with two attached hydrogens (primary N) is 1. The van der Waals surface area contributed by atoms with E-state index in [1.807, 2.05) is 6.20 Å². The van der Waals surface area contributed by atoms with E-state index in [4.69, 9.17) is 17.3 Å². The lowest BCUT2D eigenvalue weighted by molar-refractivity contribution is 0.779. The first-order valence-corrected chi connectivity index (χ1v) is 8.52. The van der Waals surface area contributed by atoms with Gasteiger partial charge in [0.1, 0.15) is 10.8 Å². The van der Waals surface area contributed by atoms with Crippen LogP contribution in [0.2, 0.25) is 5.15 Å². The number of hydrogen-bond acceptors (Lipinski definition) is 4. The Morgan fingerprint density at radius 1 is 1.17 bits per heavy atom. The van der Waals surface area contributed by atoms with Crippen molar-refractivity contribution in [3.63, 3.8) is 0 Å². The van der Waals surface area contributed by atoms with Crippen LogP contribution in [0.3, 0.4) is 0 Å². The topological polar surface area (TPSA) is 69.6 Å². The Hall–Kier alpha value is -2.14. The number of pyridine rings is 1. The molecule has 0 aromatic carbocycles. The molecular formula is C18H22ClN5. The summed E-state index contributed by atoms with van der Waals surface area (Å²) in [6, 6.07) is 0. The summed E-state index contributed by atoms with van der Waals surface area (Å²) >= 11 is 6.34. The highest BCUT2D eigenvalue weighted by Crippen LogP contribution is 2.29.